The van der Waals surface area contributed by atoms with Crippen LogP contribution in [0.4, 0.5) is 19.0 Å². The number of anilines is 1. The Kier molecular flexibility index (Phi) is 7.36. The summed E-state index contributed by atoms with van der Waals surface area (Å²) >= 11 is 0. The number of rotatable bonds is 6. The van der Waals surface area contributed by atoms with Crippen molar-refractivity contribution in [1.29, 1.82) is 0 Å². The molecule has 2 aliphatic rings. The van der Waals surface area contributed by atoms with Gasteiger partial charge in [-0.2, -0.15) is 5.10 Å². The van der Waals surface area contributed by atoms with Gasteiger partial charge in [-0.25, -0.2) is 13.2 Å². The summed E-state index contributed by atoms with van der Waals surface area (Å²) < 4.78 is 54.0. The molecule has 3 heterocycles. The van der Waals surface area contributed by atoms with E-state index in [2.05, 4.69) is 10.2 Å². The van der Waals surface area contributed by atoms with E-state index in [4.69, 9.17) is 9.47 Å². The van der Waals surface area contributed by atoms with Crippen LogP contribution < -0.4 is 4.90 Å². The molecule has 200 valence electrons. The average molecular weight is 527 g/mol. The summed E-state index contributed by atoms with van der Waals surface area (Å²) in [6, 6.07) is 13.1. The number of ether oxygens (including phenoxy) is 2. The van der Waals surface area contributed by atoms with Crippen LogP contribution in [0.5, 0.6) is 0 Å². The molecule has 2 aromatic carbocycles. The molecule has 3 aromatic rings. The van der Waals surface area contributed by atoms with Gasteiger partial charge in [-0.1, -0.05) is 18.2 Å². The Morgan fingerprint density at radius 3 is 2.42 bits per heavy atom. The van der Waals surface area contributed by atoms with E-state index in [0.29, 0.717) is 31.9 Å². The second kappa shape index (κ2) is 10.7. The summed E-state index contributed by atoms with van der Waals surface area (Å²) in [5.74, 6) is -2.40. The van der Waals surface area contributed by atoms with Crippen LogP contribution in [0.3, 0.4) is 0 Å². The summed E-state index contributed by atoms with van der Waals surface area (Å²) in [6.45, 7) is 1.24. The van der Waals surface area contributed by atoms with Gasteiger partial charge in [0.25, 0.3) is 0 Å². The molecule has 0 spiro atoms. The van der Waals surface area contributed by atoms with Crippen molar-refractivity contribution in [1.82, 2.24) is 15.1 Å². The lowest BCUT2D eigenvalue weighted by Crippen LogP contribution is -2.57. The molecule has 0 radical (unpaired) electrons. The zero-order chi connectivity index (χ0) is 26.9. The molecule has 0 unspecified atom stereocenters. The minimum atomic E-state index is -0.858. The predicted octanol–water partition coefficient (Wildman–Crippen LogP) is 3.90. The Morgan fingerprint density at radius 2 is 1.76 bits per heavy atom. The smallest absolute Gasteiger partial charge is 0.228 e. The van der Waals surface area contributed by atoms with Crippen molar-refractivity contribution in [2.24, 2.45) is 5.92 Å². The molecule has 0 saturated carbocycles. The number of methoxy groups -OCH3 is 2. The highest BCUT2D eigenvalue weighted by Crippen LogP contribution is 2.41. The highest BCUT2D eigenvalue weighted by molar-refractivity contribution is 5.82. The van der Waals surface area contributed by atoms with Crippen LogP contribution in [0, 0.1) is 23.4 Å². The summed E-state index contributed by atoms with van der Waals surface area (Å²) in [7, 11) is 3.13. The van der Waals surface area contributed by atoms with Crippen LogP contribution in [0.1, 0.15) is 23.5 Å². The van der Waals surface area contributed by atoms with E-state index in [0.717, 1.165) is 11.6 Å². The standard InChI is InChI=1S/C28H29F3N4O3/c1-37-25-17-34(13-11-28(25,38-2)18-5-7-19(29)8-6-18)27(36)23-16-35(26-4-3-12-32-33-26)15-22(23)21-10-9-20(30)14-24(21)31/h3-10,12,14,22-23,25H,11,13,15-17H2,1-2H3/t22-,23+,25-,28-/m0/s1. The summed E-state index contributed by atoms with van der Waals surface area (Å²) in [6.07, 6.45) is 1.46. The third-order valence-electron chi connectivity index (χ3n) is 7.83. The van der Waals surface area contributed by atoms with Crippen LogP contribution in [0.2, 0.25) is 0 Å². The molecular weight excluding hydrogens is 497 g/mol. The van der Waals surface area contributed by atoms with Gasteiger partial charge in [0.2, 0.25) is 5.91 Å². The number of hydrogen-bond acceptors (Lipinski definition) is 6. The monoisotopic (exact) mass is 526 g/mol. The molecule has 0 aliphatic carbocycles. The lowest BCUT2D eigenvalue weighted by molar-refractivity contribution is -0.170. The highest BCUT2D eigenvalue weighted by atomic mass is 19.1. The van der Waals surface area contributed by atoms with Crippen molar-refractivity contribution >= 4 is 11.7 Å². The molecular formula is C28H29F3N4O3. The van der Waals surface area contributed by atoms with Crippen molar-refractivity contribution in [3.63, 3.8) is 0 Å². The fourth-order valence-electron chi connectivity index (χ4n) is 5.83. The number of benzene rings is 2. The second-order valence-electron chi connectivity index (χ2n) is 9.72. The number of likely N-dealkylation sites (tertiary alicyclic amines) is 1. The van der Waals surface area contributed by atoms with E-state index in [9.17, 15) is 18.0 Å². The molecule has 38 heavy (non-hydrogen) atoms. The average Bonchev–Trinajstić information content (AvgIpc) is 3.38. The van der Waals surface area contributed by atoms with Crippen molar-refractivity contribution < 1.29 is 27.4 Å². The first-order valence-corrected chi connectivity index (χ1v) is 12.5. The Bertz CT molecular complexity index is 1280. The molecule has 5 rings (SSSR count). The van der Waals surface area contributed by atoms with Gasteiger partial charge in [0.05, 0.1) is 12.5 Å². The van der Waals surface area contributed by atoms with Gasteiger partial charge >= 0.3 is 0 Å². The number of carbonyl (C=O) groups excluding carboxylic acids is 1. The van der Waals surface area contributed by atoms with Crippen molar-refractivity contribution in [2.75, 3.05) is 45.3 Å². The molecule has 4 atom stereocenters. The van der Waals surface area contributed by atoms with Gasteiger partial charge in [-0.3, -0.25) is 4.79 Å². The Hall–Kier alpha value is -3.50. The van der Waals surface area contributed by atoms with Gasteiger partial charge in [0, 0.05) is 58.5 Å². The van der Waals surface area contributed by atoms with Gasteiger partial charge in [0.15, 0.2) is 5.82 Å². The van der Waals surface area contributed by atoms with E-state index in [1.807, 2.05) is 4.90 Å². The van der Waals surface area contributed by atoms with Gasteiger partial charge < -0.3 is 19.3 Å². The van der Waals surface area contributed by atoms with Gasteiger partial charge in [-0.05, 0) is 41.5 Å². The predicted molar refractivity (Wildman–Crippen MR) is 134 cm³/mol. The van der Waals surface area contributed by atoms with Crippen LogP contribution in [0.25, 0.3) is 0 Å². The zero-order valence-corrected chi connectivity index (χ0v) is 21.2. The summed E-state index contributed by atoms with van der Waals surface area (Å²) in [5, 5.41) is 8.09. The first kappa shape index (κ1) is 26.1. The van der Waals surface area contributed by atoms with Crippen molar-refractivity contribution in [3.05, 3.63) is 89.4 Å². The molecule has 2 saturated heterocycles. The quantitative estimate of drug-likeness (QED) is 0.486. The number of nitrogens with zero attached hydrogens (tertiary/aromatic N) is 4. The van der Waals surface area contributed by atoms with Crippen LogP contribution in [-0.2, 0) is 19.9 Å². The molecule has 10 heteroatoms. The maximum atomic E-state index is 14.9. The van der Waals surface area contributed by atoms with E-state index in [1.54, 1.807) is 49.6 Å². The van der Waals surface area contributed by atoms with E-state index < -0.39 is 35.2 Å². The lowest BCUT2D eigenvalue weighted by atomic mass is 9.80. The number of piperidine rings is 1. The molecule has 2 fully saturated rings. The highest BCUT2D eigenvalue weighted by Gasteiger charge is 2.49. The Balaban J connectivity index is 1.43. The van der Waals surface area contributed by atoms with Gasteiger partial charge in [-0.15, -0.1) is 5.10 Å². The maximum absolute atomic E-state index is 14.9. The lowest BCUT2D eigenvalue weighted by Gasteiger charge is -2.47. The van der Waals surface area contributed by atoms with Crippen molar-refractivity contribution in [2.45, 2.75) is 24.0 Å². The van der Waals surface area contributed by atoms with E-state index in [-0.39, 0.29) is 23.8 Å². The number of halogens is 3. The van der Waals surface area contributed by atoms with E-state index in [1.165, 1.54) is 24.3 Å². The number of amides is 1. The van der Waals surface area contributed by atoms with Gasteiger partial charge in [0.1, 0.15) is 29.2 Å². The molecule has 1 amide bonds. The second-order valence-corrected chi connectivity index (χ2v) is 9.72. The minimum Gasteiger partial charge on any atom is -0.376 e. The fraction of sp³-hybridized carbons (Fsp3) is 0.393. The third kappa shape index (κ3) is 4.74. The normalized spacial score (nSPS) is 25.6. The topological polar surface area (TPSA) is 67.8 Å². The number of hydrogen-bond donors (Lipinski definition) is 0. The molecule has 0 bridgehead atoms. The fourth-order valence-corrected chi connectivity index (χ4v) is 5.83. The Morgan fingerprint density at radius 1 is 1.00 bits per heavy atom. The van der Waals surface area contributed by atoms with Crippen molar-refractivity contribution in [3.8, 4) is 0 Å². The SMILES string of the molecule is CO[C@H]1CN(C(=O)[C@@H]2CN(c3cccnn3)C[C@H]2c2ccc(F)cc2F)CC[C@]1(OC)c1ccc(F)cc1. The molecule has 0 N–H and O–H groups in total. The first-order valence-electron chi connectivity index (χ1n) is 12.5. The third-order valence-corrected chi connectivity index (χ3v) is 7.83. The largest absolute Gasteiger partial charge is 0.376 e. The summed E-state index contributed by atoms with van der Waals surface area (Å²) in [5.41, 5.74) is 0.193. The number of aromatic nitrogens is 2. The zero-order valence-electron chi connectivity index (χ0n) is 21.2. The van der Waals surface area contributed by atoms with Crippen LogP contribution in [-0.4, -0.2) is 67.5 Å². The van der Waals surface area contributed by atoms with E-state index >= 15 is 0 Å². The Labute approximate surface area is 219 Å². The summed E-state index contributed by atoms with van der Waals surface area (Å²) in [4.78, 5) is 17.6. The maximum Gasteiger partial charge on any atom is 0.228 e. The number of carbonyl (C=O) groups is 1. The molecule has 2 aliphatic heterocycles. The molecule has 1 aromatic heterocycles. The first-order chi connectivity index (χ1) is 18.4. The molecule has 7 nitrogen and oxygen atoms in total. The van der Waals surface area contributed by atoms with Crippen LogP contribution >= 0.6 is 0 Å². The van der Waals surface area contributed by atoms with Crippen LogP contribution in [0.15, 0.2) is 60.8 Å². The minimum absolute atomic E-state index is 0.157.